The maximum Gasteiger partial charge on any atom is 0.164 e. The summed E-state index contributed by atoms with van der Waals surface area (Å²) in [4.78, 5) is 15.9. The average molecular weight is 758 g/mol. The van der Waals surface area contributed by atoms with Crippen LogP contribution in [0.4, 0.5) is 0 Å². The fourth-order valence-corrected chi connectivity index (χ4v) is 9.82. The van der Waals surface area contributed by atoms with Crippen molar-refractivity contribution in [1.82, 2.24) is 15.0 Å². The predicted octanol–water partition coefficient (Wildman–Crippen LogP) is 14.8. The maximum atomic E-state index is 6.76. The van der Waals surface area contributed by atoms with Gasteiger partial charge in [0.2, 0.25) is 0 Å². The molecule has 0 aliphatic heterocycles. The van der Waals surface area contributed by atoms with Crippen LogP contribution in [-0.2, 0) is 0 Å². The van der Waals surface area contributed by atoms with Crippen molar-refractivity contribution in [2.75, 3.05) is 0 Å². The van der Waals surface area contributed by atoms with Crippen molar-refractivity contribution < 1.29 is 4.42 Å². The predicted molar refractivity (Wildman–Crippen MR) is 242 cm³/mol. The van der Waals surface area contributed by atoms with E-state index in [0.29, 0.717) is 17.5 Å². The van der Waals surface area contributed by atoms with E-state index in [9.17, 15) is 0 Å². The number of para-hydroxylation sites is 1. The molecule has 0 unspecified atom stereocenters. The minimum atomic E-state index is 0.610. The SMILES string of the molecule is c1ccc(-c2nc(-c3ccccc3-c3cccc4sc5ccccc5c34)nc(-c3cccc4cccc(-c5cccc6c5oc5cc7ccccc7cc56)c34)n2)cc1. The van der Waals surface area contributed by atoms with Crippen LogP contribution in [0.2, 0.25) is 0 Å². The summed E-state index contributed by atoms with van der Waals surface area (Å²) in [6, 6.07) is 66.1. The normalized spacial score (nSPS) is 11.8. The minimum absolute atomic E-state index is 0.610. The van der Waals surface area contributed by atoms with E-state index < -0.39 is 0 Å². The molecule has 5 heteroatoms. The first-order valence-electron chi connectivity index (χ1n) is 19.4. The van der Waals surface area contributed by atoms with Gasteiger partial charge >= 0.3 is 0 Å². The van der Waals surface area contributed by atoms with Gasteiger partial charge in [0.05, 0.1) is 0 Å². The summed E-state index contributed by atoms with van der Waals surface area (Å²) in [5.74, 6) is 1.85. The smallest absolute Gasteiger partial charge is 0.164 e. The van der Waals surface area contributed by atoms with E-state index in [4.69, 9.17) is 19.4 Å². The number of aromatic nitrogens is 3. The van der Waals surface area contributed by atoms with Gasteiger partial charge in [-0.1, -0.05) is 164 Å². The molecule has 270 valence electrons. The van der Waals surface area contributed by atoms with Crippen LogP contribution in [0.5, 0.6) is 0 Å². The number of hydrogen-bond donors (Lipinski definition) is 0. The molecule has 0 saturated carbocycles. The van der Waals surface area contributed by atoms with E-state index in [1.54, 1.807) is 0 Å². The third-order valence-electron chi connectivity index (χ3n) is 11.3. The van der Waals surface area contributed by atoms with Gasteiger partial charge in [0.1, 0.15) is 11.2 Å². The number of benzene rings is 9. The Labute approximate surface area is 337 Å². The Balaban J connectivity index is 1.10. The van der Waals surface area contributed by atoms with E-state index in [-0.39, 0.29) is 0 Å². The van der Waals surface area contributed by atoms with Gasteiger partial charge in [0.25, 0.3) is 0 Å². The Hall–Kier alpha value is -7.47. The van der Waals surface area contributed by atoms with Crippen molar-refractivity contribution >= 4 is 75.0 Å². The zero-order valence-corrected chi connectivity index (χ0v) is 31.9. The summed E-state index contributed by atoms with van der Waals surface area (Å²) < 4.78 is 9.29. The minimum Gasteiger partial charge on any atom is -0.455 e. The fraction of sp³-hybridized carbons (Fsp3) is 0. The van der Waals surface area contributed by atoms with Crippen LogP contribution in [0.15, 0.2) is 192 Å². The molecule has 58 heavy (non-hydrogen) atoms. The number of hydrogen-bond acceptors (Lipinski definition) is 5. The Bertz CT molecular complexity index is 3580. The summed E-state index contributed by atoms with van der Waals surface area (Å²) in [6.45, 7) is 0. The molecule has 0 fully saturated rings. The molecule has 0 N–H and O–H groups in total. The second-order valence-corrected chi connectivity index (χ2v) is 15.8. The lowest BCUT2D eigenvalue weighted by Crippen LogP contribution is -2.01. The molecule has 12 rings (SSSR count). The molecular formula is C53H31N3OS. The molecule has 0 bridgehead atoms. The molecule has 0 radical (unpaired) electrons. The van der Waals surface area contributed by atoms with Gasteiger partial charge in [-0.15, -0.1) is 11.3 Å². The van der Waals surface area contributed by atoms with Crippen LogP contribution in [0.3, 0.4) is 0 Å². The zero-order chi connectivity index (χ0) is 38.2. The van der Waals surface area contributed by atoms with E-state index in [1.165, 1.54) is 25.6 Å². The van der Waals surface area contributed by atoms with Gasteiger partial charge in [0, 0.05) is 58.6 Å². The zero-order valence-electron chi connectivity index (χ0n) is 31.1. The highest BCUT2D eigenvalue weighted by Crippen LogP contribution is 2.44. The van der Waals surface area contributed by atoms with Gasteiger partial charge in [0.15, 0.2) is 17.5 Å². The third-order valence-corrected chi connectivity index (χ3v) is 12.5. The topological polar surface area (TPSA) is 51.8 Å². The molecule has 0 aliphatic rings. The summed E-state index contributed by atoms with van der Waals surface area (Å²) in [6.07, 6.45) is 0. The summed E-state index contributed by atoms with van der Waals surface area (Å²) in [5, 5.41) is 9.20. The highest BCUT2D eigenvalue weighted by atomic mass is 32.1. The Morgan fingerprint density at radius 2 is 0.897 bits per heavy atom. The maximum absolute atomic E-state index is 6.76. The molecule has 0 aliphatic carbocycles. The number of nitrogens with zero attached hydrogens (tertiary/aromatic N) is 3. The third kappa shape index (κ3) is 5.18. The molecule has 0 atom stereocenters. The largest absolute Gasteiger partial charge is 0.455 e. The van der Waals surface area contributed by atoms with Crippen LogP contribution < -0.4 is 0 Å². The molecule has 0 amide bonds. The monoisotopic (exact) mass is 757 g/mol. The van der Waals surface area contributed by atoms with Gasteiger partial charge < -0.3 is 4.42 Å². The van der Waals surface area contributed by atoms with Gasteiger partial charge in [-0.2, -0.15) is 0 Å². The number of fused-ring (bicyclic) bond motifs is 8. The van der Waals surface area contributed by atoms with Crippen LogP contribution in [0.1, 0.15) is 0 Å². The second-order valence-electron chi connectivity index (χ2n) is 14.7. The lowest BCUT2D eigenvalue weighted by molar-refractivity contribution is 0.670. The Morgan fingerprint density at radius 3 is 1.74 bits per heavy atom. The van der Waals surface area contributed by atoms with E-state index in [2.05, 4.69) is 170 Å². The van der Waals surface area contributed by atoms with Crippen molar-refractivity contribution in [3.8, 4) is 56.4 Å². The first kappa shape index (κ1) is 32.7. The van der Waals surface area contributed by atoms with Crippen LogP contribution in [-0.4, -0.2) is 15.0 Å². The van der Waals surface area contributed by atoms with Crippen molar-refractivity contribution in [3.05, 3.63) is 188 Å². The first-order chi connectivity index (χ1) is 28.7. The lowest BCUT2D eigenvalue weighted by atomic mass is 9.93. The highest BCUT2D eigenvalue weighted by molar-refractivity contribution is 7.25. The van der Waals surface area contributed by atoms with E-state index >= 15 is 0 Å². The molecule has 3 aromatic heterocycles. The molecule has 4 nitrogen and oxygen atoms in total. The van der Waals surface area contributed by atoms with Crippen molar-refractivity contribution in [2.24, 2.45) is 0 Å². The molecule has 3 heterocycles. The molecular weight excluding hydrogens is 727 g/mol. The van der Waals surface area contributed by atoms with E-state index in [0.717, 1.165) is 77.0 Å². The van der Waals surface area contributed by atoms with Gasteiger partial charge in [-0.25, -0.2) is 15.0 Å². The van der Waals surface area contributed by atoms with Gasteiger partial charge in [-0.05, 0) is 57.1 Å². The quantitative estimate of drug-likeness (QED) is 0.175. The molecule has 0 saturated heterocycles. The summed E-state index contributed by atoms with van der Waals surface area (Å²) in [5.41, 5.74) is 8.86. The van der Waals surface area contributed by atoms with Crippen LogP contribution in [0, 0.1) is 0 Å². The lowest BCUT2D eigenvalue weighted by Gasteiger charge is -2.15. The average Bonchev–Trinajstić information content (AvgIpc) is 3.86. The van der Waals surface area contributed by atoms with Crippen molar-refractivity contribution in [1.29, 1.82) is 0 Å². The number of furan rings is 1. The van der Waals surface area contributed by atoms with E-state index in [1.807, 2.05) is 29.5 Å². The van der Waals surface area contributed by atoms with Crippen molar-refractivity contribution in [2.45, 2.75) is 0 Å². The summed E-state index contributed by atoms with van der Waals surface area (Å²) >= 11 is 1.83. The first-order valence-corrected chi connectivity index (χ1v) is 20.2. The van der Waals surface area contributed by atoms with Crippen LogP contribution >= 0.6 is 11.3 Å². The standard InChI is InChI=1S/C53H31N3OS/c1-2-14-33(15-3-1)51-54-52(41-21-7-6-20-36(41)37-24-13-29-47-49(37)42-22-8-9-28-46(42)58-47)56-53(55-51)43-27-11-19-32-18-10-23-38(48(32)43)39-25-12-26-40-44-30-34-16-4-5-17-35(34)31-45(44)57-50(39)40/h1-31H. The number of rotatable bonds is 5. The molecule has 9 aromatic carbocycles. The Morgan fingerprint density at radius 1 is 0.345 bits per heavy atom. The summed E-state index contributed by atoms with van der Waals surface area (Å²) in [7, 11) is 0. The molecule has 0 spiro atoms. The van der Waals surface area contributed by atoms with Crippen LogP contribution in [0.25, 0.3) is 120 Å². The van der Waals surface area contributed by atoms with Gasteiger partial charge in [-0.3, -0.25) is 0 Å². The fourth-order valence-electron chi connectivity index (χ4n) is 8.69. The Kier molecular flexibility index (Phi) is 7.37. The molecule has 12 aromatic rings. The number of thiophene rings is 1. The highest BCUT2D eigenvalue weighted by Gasteiger charge is 2.21. The van der Waals surface area contributed by atoms with Crippen molar-refractivity contribution in [3.63, 3.8) is 0 Å². The second kappa shape index (κ2) is 13.1.